The summed E-state index contributed by atoms with van der Waals surface area (Å²) in [6.45, 7) is 18.6. The summed E-state index contributed by atoms with van der Waals surface area (Å²) in [7, 11) is 15.1. The fourth-order valence-corrected chi connectivity index (χ4v) is 11.7. The number of nitrogens with zero attached hydrogens (tertiary/aromatic N) is 2. The van der Waals surface area contributed by atoms with Crippen LogP contribution in [0.3, 0.4) is 0 Å². The van der Waals surface area contributed by atoms with Crippen LogP contribution in [-0.4, -0.2) is 28.2 Å². The van der Waals surface area contributed by atoms with E-state index in [0.29, 0.717) is 5.02 Å². The van der Waals surface area contributed by atoms with E-state index in [1.807, 2.05) is 36.7 Å². The van der Waals surface area contributed by atoms with Gasteiger partial charge in [-0.05, 0) is 0 Å². The van der Waals surface area contributed by atoms with Crippen molar-refractivity contribution in [3.63, 3.8) is 0 Å². The van der Waals surface area contributed by atoms with Crippen molar-refractivity contribution in [1.29, 1.82) is 0 Å². The second-order valence-electron chi connectivity index (χ2n) is 10.4. The van der Waals surface area contributed by atoms with Crippen LogP contribution in [0.1, 0.15) is 52.8 Å². The molecule has 0 aromatic heterocycles. The Hall–Kier alpha value is -1.71. The first-order valence-corrected chi connectivity index (χ1v) is 19.5. The summed E-state index contributed by atoms with van der Waals surface area (Å²) in [5, 5.41) is 0.622. The zero-order valence-electron chi connectivity index (χ0n) is 23.4. The maximum absolute atomic E-state index is 7.56. The van der Waals surface area contributed by atoms with Gasteiger partial charge in [-0.3, -0.25) is 0 Å². The van der Waals surface area contributed by atoms with Crippen molar-refractivity contribution in [3.05, 3.63) is 86.4 Å². The third-order valence-corrected chi connectivity index (χ3v) is 12.3. The van der Waals surface area contributed by atoms with Gasteiger partial charge in [0, 0.05) is 0 Å². The van der Waals surface area contributed by atoms with Gasteiger partial charge in [0.25, 0.3) is 0 Å². The number of halogens is 3. The van der Waals surface area contributed by atoms with Crippen molar-refractivity contribution >= 4 is 51.3 Å². The van der Waals surface area contributed by atoms with Gasteiger partial charge in [-0.2, -0.15) is 0 Å². The molecule has 1 heterocycles. The van der Waals surface area contributed by atoms with E-state index in [1.54, 1.807) is 0 Å². The van der Waals surface area contributed by atoms with Crippen molar-refractivity contribution in [2.24, 2.45) is 0 Å². The summed E-state index contributed by atoms with van der Waals surface area (Å²) in [6.07, 6.45) is 0.0108. The first-order valence-electron chi connectivity index (χ1n) is 12.8. The van der Waals surface area contributed by atoms with Crippen LogP contribution in [0.25, 0.3) is 0 Å². The quantitative estimate of drug-likeness (QED) is 0.255. The van der Waals surface area contributed by atoms with E-state index in [2.05, 4.69) is 75.6 Å². The second kappa shape index (κ2) is 11.4. The van der Waals surface area contributed by atoms with Crippen molar-refractivity contribution in [2.45, 2.75) is 61.5 Å². The molecule has 0 radical (unpaired) electrons. The molecule has 1 aliphatic heterocycles. The Morgan fingerprint density at radius 3 is 1.63 bits per heavy atom. The summed E-state index contributed by atoms with van der Waals surface area (Å²) >= 11 is 2.73. The number of anilines is 2. The summed E-state index contributed by atoms with van der Waals surface area (Å²) in [5.41, 5.74) is 10.6. The molecule has 1 fully saturated rings. The minimum absolute atomic E-state index is 0.0108. The van der Waals surface area contributed by atoms with Crippen LogP contribution in [0.5, 0.6) is 5.75 Å². The standard InChI is InChI=1S/C21H26N2.C10H11ClO.2ClH.Ru/c1-14-9-16(3)20(17(4)10-14)22-7-8-23(13-22)21-18(5)11-15(2)12-19(21)6;1-7(2)12-10-5-4-9(11)6-8(10)3;;;/h9-12H,7-8H2,1-6H3;3-7H,1-2H3;2*1H;/q;;;;+2/p-2. The normalized spacial score (nSPS) is 14.5. The average molecular weight is 661 g/mol. The molecule has 3 nitrogen and oxygen atoms in total. The maximum atomic E-state index is 7.56. The van der Waals surface area contributed by atoms with Crippen molar-refractivity contribution in [2.75, 3.05) is 22.9 Å². The Bertz CT molecular complexity index is 1400. The topological polar surface area (TPSA) is 15.7 Å². The van der Waals surface area contributed by atoms with Gasteiger partial charge in [-0.15, -0.1) is 0 Å². The molecule has 0 N–H and O–H groups in total. The Morgan fingerprint density at radius 2 is 1.21 bits per heavy atom. The molecule has 3 aromatic carbocycles. The molecule has 1 saturated heterocycles. The number of hydrogen-bond acceptors (Lipinski definition) is 3. The number of rotatable bonds is 5. The van der Waals surface area contributed by atoms with E-state index < -0.39 is 11.9 Å². The Labute approximate surface area is 243 Å². The van der Waals surface area contributed by atoms with Crippen molar-refractivity contribution in [3.8, 4) is 5.75 Å². The Kier molecular flexibility index (Phi) is 8.80. The van der Waals surface area contributed by atoms with Gasteiger partial charge in [0.15, 0.2) is 0 Å². The van der Waals surface area contributed by atoms with E-state index >= 15 is 0 Å². The minimum atomic E-state index is -3.70. The Morgan fingerprint density at radius 1 is 0.763 bits per heavy atom. The van der Waals surface area contributed by atoms with Gasteiger partial charge in [0.2, 0.25) is 0 Å². The van der Waals surface area contributed by atoms with E-state index in [-0.39, 0.29) is 6.10 Å². The molecule has 3 aromatic rings. The molecule has 7 heteroatoms. The molecule has 0 spiro atoms. The average Bonchev–Trinajstić information content (AvgIpc) is 3.19. The molecule has 0 unspecified atom stereocenters. The van der Waals surface area contributed by atoms with Crippen LogP contribution in [-0.2, 0) is 11.9 Å². The summed E-state index contributed by atoms with van der Waals surface area (Å²) < 4.78 is 9.12. The number of hydrogen-bond donors (Lipinski definition) is 0. The first kappa shape index (κ1) is 29.3. The van der Waals surface area contributed by atoms with Crippen LogP contribution in [0, 0.1) is 41.5 Å². The molecule has 0 bridgehead atoms. The molecule has 206 valence electrons. The molecule has 0 aliphatic carbocycles. The summed E-state index contributed by atoms with van der Waals surface area (Å²) in [6, 6.07) is 14.6. The van der Waals surface area contributed by atoms with E-state index in [9.17, 15) is 0 Å². The fraction of sp³-hybridized carbons (Fsp3) is 0.355. The summed E-state index contributed by atoms with van der Waals surface area (Å²) in [4.78, 5) is 4.72. The Balaban J connectivity index is 2.06. The molecule has 0 atom stereocenters. The van der Waals surface area contributed by atoms with Crippen LogP contribution < -0.4 is 14.5 Å². The van der Waals surface area contributed by atoms with Crippen LogP contribution in [0.2, 0.25) is 5.02 Å². The van der Waals surface area contributed by atoms with E-state index in [1.165, 1.54) is 44.8 Å². The van der Waals surface area contributed by atoms with Crippen molar-refractivity contribution < 1.29 is 16.6 Å². The number of ether oxygens (including phenoxy) is 1. The molecule has 0 saturated carbocycles. The van der Waals surface area contributed by atoms with Gasteiger partial charge in [-0.1, -0.05) is 0 Å². The van der Waals surface area contributed by atoms with Crippen LogP contribution >= 0.6 is 31.0 Å². The van der Waals surface area contributed by atoms with E-state index in [4.69, 9.17) is 35.7 Å². The fourth-order valence-electron chi connectivity index (χ4n) is 5.52. The molecule has 4 rings (SSSR count). The number of aryl methyl sites for hydroxylation is 6. The molecular formula is C31H37Cl3N2ORu. The second-order valence-corrected chi connectivity index (χ2v) is 20.1. The predicted octanol–water partition coefficient (Wildman–Crippen LogP) is 8.70. The summed E-state index contributed by atoms with van der Waals surface area (Å²) in [5.74, 6) is 0.734. The van der Waals surface area contributed by atoms with Gasteiger partial charge in [0.1, 0.15) is 0 Å². The third kappa shape index (κ3) is 6.05. The van der Waals surface area contributed by atoms with Gasteiger partial charge in [0.05, 0.1) is 0 Å². The first-order chi connectivity index (χ1) is 17.8. The van der Waals surface area contributed by atoms with Gasteiger partial charge >= 0.3 is 245 Å². The third-order valence-electron chi connectivity index (χ3n) is 6.57. The molecular weight excluding hydrogens is 624 g/mol. The van der Waals surface area contributed by atoms with Gasteiger partial charge in [-0.25, -0.2) is 0 Å². The molecule has 1 aliphatic rings. The van der Waals surface area contributed by atoms with Gasteiger partial charge < -0.3 is 0 Å². The van der Waals surface area contributed by atoms with E-state index in [0.717, 1.165) is 28.8 Å². The van der Waals surface area contributed by atoms with Crippen LogP contribution in [0.15, 0.2) is 42.5 Å². The van der Waals surface area contributed by atoms with Crippen LogP contribution in [0.4, 0.5) is 11.4 Å². The molecule has 38 heavy (non-hydrogen) atoms. The zero-order valence-corrected chi connectivity index (χ0v) is 27.4. The van der Waals surface area contributed by atoms with Crippen molar-refractivity contribution in [1.82, 2.24) is 0 Å². The molecule has 0 amide bonds. The monoisotopic (exact) mass is 660 g/mol. The SMILES string of the molecule is Cc1cc(C)c(N2CCN(c3c(C)cc(C)cc3C)[C]2=[Ru]([Cl])([Cl])=[CH]c2cc(Cl)ccc2OC(C)C)c(C)c1. The number of benzene rings is 3. The predicted molar refractivity (Wildman–Crippen MR) is 165 cm³/mol. The zero-order chi connectivity index (χ0) is 27.9.